The maximum Gasteiger partial charge on any atom is 0.408 e. The van der Waals surface area contributed by atoms with Gasteiger partial charge in [0.25, 0.3) is 0 Å². The summed E-state index contributed by atoms with van der Waals surface area (Å²) in [6.45, 7) is 1.96. The van der Waals surface area contributed by atoms with Crippen LogP contribution in [0.2, 0.25) is 0 Å². The van der Waals surface area contributed by atoms with Crippen LogP contribution in [0.15, 0.2) is 36.4 Å². The van der Waals surface area contributed by atoms with Crippen molar-refractivity contribution in [3.05, 3.63) is 47.5 Å². The molecule has 0 spiro atoms. The lowest BCUT2D eigenvalue weighted by atomic mass is 10.00. The Hall–Kier alpha value is -1.55. The van der Waals surface area contributed by atoms with E-state index in [9.17, 15) is 13.2 Å². The summed E-state index contributed by atoms with van der Waals surface area (Å²) in [6.07, 6.45) is -4.28. The van der Waals surface area contributed by atoms with E-state index in [1.165, 1.54) is 19.0 Å². The smallest absolute Gasteiger partial charge is 0.295 e. The van der Waals surface area contributed by atoms with Gasteiger partial charge in [0.05, 0.1) is 0 Å². The molecule has 0 aliphatic carbocycles. The van der Waals surface area contributed by atoms with Gasteiger partial charge in [-0.3, -0.25) is 4.90 Å². The van der Waals surface area contributed by atoms with Crippen LogP contribution in [0, 0.1) is 6.92 Å². The fraction of sp³-hybridized carbons (Fsp3) is 0.333. The van der Waals surface area contributed by atoms with Gasteiger partial charge in [-0.15, -0.1) is 0 Å². The number of aryl methyl sites for hydroxylation is 1. The van der Waals surface area contributed by atoms with Gasteiger partial charge < -0.3 is 0 Å². The number of hydrogen-bond acceptors (Lipinski definition) is 1. The third-order valence-electron chi connectivity index (χ3n) is 3.16. The number of halogens is 3. The van der Waals surface area contributed by atoms with Gasteiger partial charge in [-0.05, 0) is 43.4 Å². The van der Waals surface area contributed by atoms with Gasteiger partial charge in [0.15, 0.2) is 0 Å². The summed E-state index contributed by atoms with van der Waals surface area (Å²) in [5, 5.41) is 1.79. The van der Waals surface area contributed by atoms with Crippen molar-refractivity contribution < 1.29 is 13.2 Å². The highest BCUT2D eigenvalue weighted by molar-refractivity contribution is 5.83. The number of alkyl halides is 3. The number of rotatable bonds is 2. The molecule has 2 aromatic carbocycles. The molecule has 2 aromatic rings. The van der Waals surface area contributed by atoms with Crippen molar-refractivity contribution in [2.45, 2.75) is 19.1 Å². The van der Waals surface area contributed by atoms with Crippen molar-refractivity contribution in [2.75, 3.05) is 14.1 Å². The predicted molar refractivity (Wildman–Crippen MR) is 71.2 cm³/mol. The van der Waals surface area contributed by atoms with Crippen LogP contribution in [0.4, 0.5) is 13.2 Å². The lowest BCUT2D eigenvalue weighted by Gasteiger charge is -2.27. The van der Waals surface area contributed by atoms with Crippen LogP contribution in [0.3, 0.4) is 0 Å². The Morgan fingerprint density at radius 1 is 0.947 bits per heavy atom. The molecule has 0 amide bonds. The number of hydrogen-bond donors (Lipinski definition) is 0. The first-order valence-electron chi connectivity index (χ1n) is 6.02. The van der Waals surface area contributed by atoms with Gasteiger partial charge in [-0.2, -0.15) is 13.2 Å². The average molecular weight is 267 g/mol. The molecule has 1 atom stereocenters. The first-order valence-corrected chi connectivity index (χ1v) is 6.02. The van der Waals surface area contributed by atoms with E-state index in [1.807, 2.05) is 25.1 Å². The monoisotopic (exact) mass is 267 g/mol. The molecule has 0 aliphatic heterocycles. The Balaban J connectivity index is 2.53. The molecule has 0 bridgehead atoms. The Kier molecular flexibility index (Phi) is 3.54. The second kappa shape index (κ2) is 4.85. The third kappa shape index (κ3) is 2.89. The average Bonchev–Trinajstić information content (AvgIpc) is 2.27. The molecule has 102 valence electrons. The predicted octanol–water partition coefficient (Wildman–Crippen LogP) is 4.31. The van der Waals surface area contributed by atoms with Crippen LogP contribution in [-0.2, 0) is 0 Å². The molecule has 19 heavy (non-hydrogen) atoms. The zero-order chi connectivity index (χ0) is 14.2. The van der Waals surface area contributed by atoms with Crippen LogP contribution >= 0.6 is 0 Å². The minimum absolute atomic E-state index is 0.272. The Bertz CT molecular complexity index is 587. The van der Waals surface area contributed by atoms with E-state index >= 15 is 0 Å². The second-order valence-corrected chi connectivity index (χ2v) is 5.02. The summed E-state index contributed by atoms with van der Waals surface area (Å²) in [6, 6.07) is 9.09. The summed E-state index contributed by atoms with van der Waals surface area (Å²) >= 11 is 0. The fourth-order valence-corrected chi connectivity index (χ4v) is 2.33. The first kappa shape index (κ1) is 13.9. The number of nitrogens with zero attached hydrogens (tertiary/aromatic N) is 1. The van der Waals surface area contributed by atoms with Gasteiger partial charge in [0.1, 0.15) is 6.04 Å². The summed E-state index contributed by atoms with van der Waals surface area (Å²) in [5.41, 5.74) is 1.37. The number of benzene rings is 2. The van der Waals surface area contributed by atoms with Crippen molar-refractivity contribution in [1.29, 1.82) is 0 Å². The molecule has 0 heterocycles. The van der Waals surface area contributed by atoms with E-state index in [-0.39, 0.29) is 5.56 Å². The second-order valence-electron chi connectivity index (χ2n) is 5.02. The topological polar surface area (TPSA) is 3.24 Å². The van der Waals surface area contributed by atoms with Crippen molar-refractivity contribution in [2.24, 2.45) is 0 Å². The first-order chi connectivity index (χ1) is 8.79. The van der Waals surface area contributed by atoms with Crippen LogP contribution in [0.1, 0.15) is 17.2 Å². The maximum absolute atomic E-state index is 13.1. The highest BCUT2D eigenvalue weighted by Gasteiger charge is 2.42. The van der Waals surface area contributed by atoms with Crippen molar-refractivity contribution >= 4 is 10.8 Å². The van der Waals surface area contributed by atoms with E-state index in [0.717, 1.165) is 16.3 Å². The summed E-state index contributed by atoms with van der Waals surface area (Å²) < 4.78 is 39.2. The van der Waals surface area contributed by atoms with E-state index < -0.39 is 12.2 Å². The molecular formula is C15H16F3N. The largest absolute Gasteiger partial charge is 0.408 e. The Labute approximate surface area is 110 Å². The SMILES string of the molecule is Cc1ccc2cc(C(N(C)C)C(F)(F)F)ccc2c1. The molecule has 2 rings (SSSR count). The molecular weight excluding hydrogens is 251 g/mol. The van der Waals surface area contributed by atoms with Gasteiger partial charge in [-0.25, -0.2) is 0 Å². The standard InChI is InChI=1S/C15H16F3N/c1-10-4-5-12-9-13(7-6-11(12)8-10)14(19(2)3)15(16,17)18/h4-9,14H,1-3H3. The molecule has 0 saturated heterocycles. The zero-order valence-corrected chi connectivity index (χ0v) is 11.1. The van der Waals surface area contributed by atoms with E-state index in [1.54, 1.807) is 18.2 Å². The van der Waals surface area contributed by atoms with Crippen molar-refractivity contribution in [3.63, 3.8) is 0 Å². The normalized spacial score (nSPS) is 14.1. The molecule has 1 unspecified atom stereocenters. The van der Waals surface area contributed by atoms with Crippen molar-refractivity contribution in [1.82, 2.24) is 4.90 Å². The van der Waals surface area contributed by atoms with Gasteiger partial charge in [-0.1, -0.05) is 35.9 Å². The minimum atomic E-state index is -4.28. The Morgan fingerprint density at radius 3 is 2.11 bits per heavy atom. The molecule has 0 saturated carbocycles. The van der Waals surface area contributed by atoms with E-state index in [0.29, 0.717) is 0 Å². The summed E-state index contributed by atoms with van der Waals surface area (Å²) in [4.78, 5) is 1.19. The fourth-order valence-electron chi connectivity index (χ4n) is 2.33. The zero-order valence-electron chi connectivity index (χ0n) is 11.1. The minimum Gasteiger partial charge on any atom is -0.295 e. The number of fused-ring (bicyclic) bond motifs is 1. The molecule has 0 N–H and O–H groups in total. The van der Waals surface area contributed by atoms with Crippen molar-refractivity contribution in [3.8, 4) is 0 Å². The molecule has 4 heteroatoms. The summed E-state index contributed by atoms with van der Waals surface area (Å²) in [7, 11) is 2.88. The molecule has 0 aromatic heterocycles. The maximum atomic E-state index is 13.1. The van der Waals surface area contributed by atoms with E-state index in [2.05, 4.69) is 0 Å². The molecule has 1 nitrogen and oxygen atoms in total. The van der Waals surface area contributed by atoms with Crippen LogP contribution in [-0.4, -0.2) is 25.2 Å². The quantitative estimate of drug-likeness (QED) is 0.783. The van der Waals surface area contributed by atoms with Gasteiger partial charge in [0, 0.05) is 0 Å². The van der Waals surface area contributed by atoms with Crippen LogP contribution in [0.25, 0.3) is 10.8 Å². The van der Waals surface area contributed by atoms with Gasteiger partial charge in [0.2, 0.25) is 0 Å². The third-order valence-corrected chi connectivity index (χ3v) is 3.16. The van der Waals surface area contributed by atoms with E-state index in [4.69, 9.17) is 0 Å². The highest BCUT2D eigenvalue weighted by atomic mass is 19.4. The molecule has 0 aliphatic rings. The lowest BCUT2D eigenvalue weighted by molar-refractivity contribution is -0.179. The lowest BCUT2D eigenvalue weighted by Crippen LogP contribution is -2.33. The molecule has 0 fully saturated rings. The molecule has 0 radical (unpaired) electrons. The van der Waals surface area contributed by atoms with Crippen LogP contribution in [0.5, 0.6) is 0 Å². The highest BCUT2D eigenvalue weighted by Crippen LogP contribution is 2.37. The van der Waals surface area contributed by atoms with Crippen LogP contribution < -0.4 is 0 Å². The Morgan fingerprint density at radius 2 is 1.53 bits per heavy atom. The van der Waals surface area contributed by atoms with Gasteiger partial charge >= 0.3 is 6.18 Å². The summed E-state index contributed by atoms with van der Waals surface area (Å²) in [5.74, 6) is 0.